The molecule has 1 unspecified atom stereocenters. The predicted molar refractivity (Wildman–Crippen MR) is 67.8 cm³/mol. The Labute approximate surface area is 103 Å². The van der Waals surface area contributed by atoms with Crippen LogP contribution in [0.2, 0.25) is 0 Å². The van der Waals surface area contributed by atoms with E-state index in [2.05, 4.69) is 29.2 Å². The van der Waals surface area contributed by atoms with Crippen molar-refractivity contribution in [3.8, 4) is 0 Å². The molecule has 1 aromatic rings. The van der Waals surface area contributed by atoms with Crippen LogP contribution < -0.4 is 0 Å². The van der Waals surface area contributed by atoms with Crippen molar-refractivity contribution < 1.29 is 9.84 Å². The van der Waals surface area contributed by atoms with Gasteiger partial charge in [0, 0.05) is 25.7 Å². The molecular formula is C14H21NO2. The molecule has 1 atom stereocenters. The normalized spacial score (nSPS) is 20.7. The second kappa shape index (κ2) is 6.74. The summed E-state index contributed by atoms with van der Waals surface area (Å²) in [6.45, 7) is 3.52. The first-order valence-corrected chi connectivity index (χ1v) is 6.36. The maximum atomic E-state index is 9.16. The largest absolute Gasteiger partial charge is 0.395 e. The van der Waals surface area contributed by atoms with Gasteiger partial charge in [-0.1, -0.05) is 30.3 Å². The molecule has 0 radical (unpaired) electrons. The number of hydrogen-bond donors (Lipinski definition) is 1. The topological polar surface area (TPSA) is 32.7 Å². The first-order chi connectivity index (χ1) is 8.40. The van der Waals surface area contributed by atoms with E-state index in [1.54, 1.807) is 0 Å². The number of ether oxygens (including phenoxy) is 1. The zero-order valence-corrected chi connectivity index (χ0v) is 10.2. The van der Waals surface area contributed by atoms with Gasteiger partial charge in [-0.15, -0.1) is 0 Å². The van der Waals surface area contributed by atoms with Gasteiger partial charge in [0.15, 0.2) is 0 Å². The van der Waals surface area contributed by atoms with E-state index in [0.29, 0.717) is 6.04 Å². The van der Waals surface area contributed by atoms with Gasteiger partial charge in [0.2, 0.25) is 0 Å². The van der Waals surface area contributed by atoms with E-state index in [1.807, 2.05) is 6.07 Å². The molecule has 0 amide bonds. The van der Waals surface area contributed by atoms with E-state index in [1.165, 1.54) is 12.0 Å². The molecule has 94 valence electrons. The lowest BCUT2D eigenvalue weighted by atomic mass is 10.1. The Morgan fingerprint density at radius 1 is 1.29 bits per heavy atom. The lowest BCUT2D eigenvalue weighted by Gasteiger charge is -2.33. The van der Waals surface area contributed by atoms with Crippen molar-refractivity contribution in [3.05, 3.63) is 35.9 Å². The molecule has 3 heteroatoms. The third-order valence-electron chi connectivity index (χ3n) is 3.27. The van der Waals surface area contributed by atoms with Crippen molar-refractivity contribution >= 4 is 0 Å². The summed E-state index contributed by atoms with van der Waals surface area (Å²) >= 11 is 0. The van der Waals surface area contributed by atoms with Crippen LogP contribution in [-0.2, 0) is 11.3 Å². The highest BCUT2D eigenvalue weighted by molar-refractivity contribution is 5.14. The Morgan fingerprint density at radius 3 is 2.76 bits per heavy atom. The number of rotatable bonds is 5. The highest BCUT2D eigenvalue weighted by Crippen LogP contribution is 2.16. The van der Waals surface area contributed by atoms with E-state index < -0.39 is 0 Å². The smallest absolute Gasteiger partial charge is 0.0621 e. The molecule has 0 spiro atoms. The van der Waals surface area contributed by atoms with Crippen LogP contribution in [-0.4, -0.2) is 42.4 Å². The monoisotopic (exact) mass is 235 g/mol. The Hall–Kier alpha value is -0.900. The Kier molecular flexibility index (Phi) is 4.98. The summed E-state index contributed by atoms with van der Waals surface area (Å²) in [7, 11) is 0. The number of nitrogens with zero attached hydrogens (tertiary/aromatic N) is 1. The lowest BCUT2D eigenvalue weighted by molar-refractivity contribution is 0.00873. The quantitative estimate of drug-likeness (QED) is 0.842. The standard InChI is InChI=1S/C14H21NO2/c16-9-8-15(14-7-4-10-17-12-14)11-13-5-2-1-3-6-13/h1-3,5-6,14,16H,4,7-12H2. The minimum Gasteiger partial charge on any atom is -0.395 e. The predicted octanol–water partition coefficient (Wildman–Crippen LogP) is 1.66. The first-order valence-electron chi connectivity index (χ1n) is 6.36. The summed E-state index contributed by atoms with van der Waals surface area (Å²) < 4.78 is 5.52. The SMILES string of the molecule is OCCN(Cc1ccccc1)C1CCCOC1. The van der Waals surface area contributed by atoms with E-state index in [-0.39, 0.29) is 6.61 Å². The zero-order chi connectivity index (χ0) is 11.9. The fourth-order valence-electron chi connectivity index (χ4n) is 2.35. The highest BCUT2D eigenvalue weighted by Gasteiger charge is 2.21. The van der Waals surface area contributed by atoms with Crippen LogP contribution in [0.1, 0.15) is 18.4 Å². The molecule has 1 aromatic carbocycles. The van der Waals surface area contributed by atoms with E-state index >= 15 is 0 Å². The molecule has 1 saturated heterocycles. The van der Waals surface area contributed by atoms with Crippen LogP contribution >= 0.6 is 0 Å². The Balaban J connectivity index is 1.96. The fraction of sp³-hybridized carbons (Fsp3) is 0.571. The van der Waals surface area contributed by atoms with Crippen LogP contribution in [0.4, 0.5) is 0 Å². The molecule has 1 N–H and O–H groups in total. The number of aliphatic hydroxyl groups excluding tert-OH is 1. The molecule has 2 rings (SSSR count). The molecule has 1 aliphatic rings. The summed E-state index contributed by atoms with van der Waals surface area (Å²) in [5, 5.41) is 9.16. The number of benzene rings is 1. The second-order valence-corrected chi connectivity index (χ2v) is 4.55. The van der Waals surface area contributed by atoms with Crippen LogP contribution in [0.5, 0.6) is 0 Å². The maximum absolute atomic E-state index is 9.16. The molecule has 3 nitrogen and oxygen atoms in total. The lowest BCUT2D eigenvalue weighted by Crippen LogP contribution is -2.42. The third kappa shape index (κ3) is 3.80. The summed E-state index contributed by atoms with van der Waals surface area (Å²) in [6, 6.07) is 10.9. The first kappa shape index (κ1) is 12.6. The molecule has 0 saturated carbocycles. The van der Waals surface area contributed by atoms with Gasteiger partial charge in [-0.05, 0) is 18.4 Å². The Bertz CT molecular complexity index is 309. The molecule has 1 heterocycles. The van der Waals surface area contributed by atoms with Crippen molar-refractivity contribution in [2.45, 2.75) is 25.4 Å². The summed E-state index contributed by atoms with van der Waals surface area (Å²) in [5.41, 5.74) is 1.30. The van der Waals surface area contributed by atoms with Gasteiger partial charge < -0.3 is 9.84 Å². The van der Waals surface area contributed by atoms with Gasteiger partial charge in [-0.25, -0.2) is 0 Å². The van der Waals surface area contributed by atoms with Crippen LogP contribution in [0, 0.1) is 0 Å². The second-order valence-electron chi connectivity index (χ2n) is 4.55. The van der Waals surface area contributed by atoms with E-state index in [4.69, 9.17) is 9.84 Å². The van der Waals surface area contributed by atoms with Gasteiger partial charge in [0.1, 0.15) is 0 Å². The molecule has 1 aliphatic heterocycles. The molecular weight excluding hydrogens is 214 g/mol. The molecule has 0 aromatic heterocycles. The van der Waals surface area contributed by atoms with E-state index in [0.717, 1.165) is 32.7 Å². The minimum absolute atomic E-state index is 0.212. The van der Waals surface area contributed by atoms with Crippen molar-refractivity contribution in [2.24, 2.45) is 0 Å². The van der Waals surface area contributed by atoms with Crippen molar-refractivity contribution in [3.63, 3.8) is 0 Å². The summed E-state index contributed by atoms with van der Waals surface area (Å²) in [6.07, 6.45) is 2.30. The van der Waals surface area contributed by atoms with Gasteiger partial charge in [-0.3, -0.25) is 4.90 Å². The van der Waals surface area contributed by atoms with Crippen LogP contribution in [0.25, 0.3) is 0 Å². The summed E-state index contributed by atoms with van der Waals surface area (Å²) in [4.78, 5) is 2.33. The van der Waals surface area contributed by atoms with Gasteiger partial charge in [0.05, 0.1) is 13.2 Å². The fourth-order valence-corrected chi connectivity index (χ4v) is 2.35. The third-order valence-corrected chi connectivity index (χ3v) is 3.27. The molecule has 1 fully saturated rings. The van der Waals surface area contributed by atoms with Crippen LogP contribution in [0.15, 0.2) is 30.3 Å². The van der Waals surface area contributed by atoms with Crippen molar-refractivity contribution in [1.82, 2.24) is 4.90 Å². The number of aliphatic hydroxyl groups is 1. The molecule has 0 aliphatic carbocycles. The molecule has 0 bridgehead atoms. The maximum Gasteiger partial charge on any atom is 0.0621 e. The summed E-state index contributed by atoms with van der Waals surface area (Å²) in [5.74, 6) is 0. The van der Waals surface area contributed by atoms with Gasteiger partial charge >= 0.3 is 0 Å². The minimum atomic E-state index is 0.212. The number of hydrogen-bond acceptors (Lipinski definition) is 3. The van der Waals surface area contributed by atoms with Crippen molar-refractivity contribution in [1.29, 1.82) is 0 Å². The van der Waals surface area contributed by atoms with Gasteiger partial charge in [0.25, 0.3) is 0 Å². The zero-order valence-electron chi connectivity index (χ0n) is 10.2. The average molecular weight is 235 g/mol. The molecule has 17 heavy (non-hydrogen) atoms. The Morgan fingerprint density at radius 2 is 2.12 bits per heavy atom. The van der Waals surface area contributed by atoms with Gasteiger partial charge in [-0.2, -0.15) is 0 Å². The van der Waals surface area contributed by atoms with E-state index in [9.17, 15) is 0 Å². The van der Waals surface area contributed by atoms with Crippen LogP contribution in [0.3, 0.4) is 0 Å². The van der Waals surface area contributed by atoms with Crippen molar-refractivity contribution in [2.75, 3.05) is 26.4 Å². The average Bonchev–Trinajstić information content (AvgIpc) is 2.40. The highest BCUT2D eigenvalue weighted by atomic mass is 16.5.